The van der Waals surface area contributed by atoms with E-state index >= 15 is 0 Å². The van der Waals surface area contributed by atoms with E-state index in [9.17, 15) is 19.2 Å². The largest absolute Gasteiger partial charge is 0.478 e. The van der Waals surface area contributed by atoms with E-state index in [1.807, 2.05) is 0 Å². The highest BCUT2D eigenvalue weighted by molar-refractivity contribution is 5.94. The summed E-state index contributed by atoms with van der Waals surface area (Å²) in [5, 5.41) is 15.8. The molecule has 0 aliphatic carbocycles. The zero-order chi connectivity index (χ0) is 13.1. The molecule has 0 saturated heterocycles. The van der Waals surface area contributed by atoms with Gasteiger partial charge < -0.3 is 10.2 Å². The van der Waals surface area contributed by atoms with E-state index in [-0.39, 0.29) is 11.6 Å². The van der Waals surface area contributed by atoms with Crippen molar-refractivity contribution in [2.45, 2.75) is 13.8 Å². The fraction of sp³-hybridized carbons (Fsp3) is 0.200. The Hall–Kier alpha value is -2.24. The number of aliphatic carboxylic acids is 2. The van der Waals surface area contributed by atoms with E-state index in [2.05, 4.69) is 0 Å². The molecule has 0 aromatic heterocycles. The maximum absolute atomic E-state index is 10.00. The number of hydrogen-bond donors (Lipinski definition) is 2. The van der Waals surface area contributed by atoms with E-state index < -0.39 is 11.9 Å². The molecule has 0 fully saturated rings. The summed E-state index contributed by atoms with van der Waals surface area (Å²) in [5.74, 6) is -2.71. The molecule has 0 bridgehead atoms. The molecule has 0 amide bonds. The standard InChI is InChI=1S/2C5H6O3/c2*1-4(6)2-3-5(7)8/h2*2-3H,1H3,(H,7,8)/b3-2+;3-2-. The molecule has 6 heteroatoms. The van der Waals surface area contributed by atoms with Crippen LogP contribution in [-0.2, 0) is 19.2 Å². The Morgan fingerprint density at radius 2 is 0.938 bits per heavy atom. The topological polar surface area (TPSA) is 109 Å². The number of carbonyl (C=O) groups excluding carboxylic acids is 2. The summed E-state index contributed by atoms with van der Waals surface area (Å²) in [6.45, 7) is 2.58. The minimum atomic E-state index is -1.10. The van der Waals surface area contributed by atoms with Gasteiger partial charge in [-0.3, -0.25) is 9.59 Å². The quantitative estimate of drug-likeness (QED) is 0.675. The first-order valence-corrected chi connectivity index (χ1v) is 4.09. The average Bonchev–Trinajstić information content (AvgIpc) is 2.12. The molecule has 0 rings (SSSR count). The van der Waals surface area contributed by atoms with Crippen molar-refractivity contribution in [1.29, 1.82) is 0 Å². The van der Waals surface area contributed by atoms with Crippen molar-refractivity contribution in [2.24, 2.45) is 0 Å². The summed E-state index contributed by atoms with van der Waals surface area (Å²) in [6, 6.07) is 0. The lowest BCUT2D eigenvalue weighted by Gasteiger charge is -1.74. The Kier molecular flexibility index (Phi) is 9.44. The van der Waals surface area contributed by atoms with Gasteiger partial charge in [-0.1, -0.05) is 0 Å². The molecule has 0 aromatic rings. The van der Waals surface area contributed by atoms with Gasteiger partial charge in [-0.2, -0.15) is 0 Å². The van der Waals surface area contributed by atoms with E-state index in [1.165, 1.54) is 13.8 Å². The molecule has 16 heavy (non-hydrogen) atoms. The number of carbonyl (C=O) groups is 4. The van der Waals surface area contributed by atoms with Crippen LogP contribution in [0.1, 0.15) is 13.8 Å². The number of ketones is 2. The maximum atomic E-state index is 10.00. The predicted octanol–water partition coefficient (Wildman–Crippen LogP) is 0.432. The first-order chi connectivity index (χ1) is 7.25. The lowest BCUT2D eigenvalue weighted by Crippen LogP contribution is -1.89. The Balaban J connectivity index is 0. The Bertz CT molecular complexity index is 271. The van der Waals surface area contributed by atoms with Gasteiger partial charge in [0, 0.05) is 12.2 Å². The highest BCUT2D eigenvalue weighted by Gasteiger charge is 1.86. The highest BCUT2D eigenvalue weighted by atomic mass is 16.4. The summed E-state index contributed by atoms with van der Waals surface area (Å²) in [7, 11) is 0. The summed E-state index contributed by atoms with van der Waals surface area (Å²) in [6.07, 6.45) is 3.62. The van der Waals surface area contributed by atoms with Gasteiger partial charge in [0.15, 0.2) is 11.6 Å². The van der Waals surface area contributed by atoms with Crippen LogP contribution in [0, 0.1) is 0 Å². The van der Waals surface area contributed by atoms with E-state index in [1.54, 1.807) is 0 Å². The smallest absolute Gasteiger partial charge is 0.328 e. The summed E-state index contributed by atoms with van der Waals surface area (Å²) >= 11 is 0. The minimum absolute atomic E-state index is 0.257. The van der Waals surface area contributed by atoms with Gasteiger partial charge in [0.1, 0.15) is 0 Å². The van der Waals surface area contributed by atoms with Crippen LogP contribution in [0.5, 0.6) is 0 Å². The van der Waals surface area contributed by atoms with Crippen LogP contribution < -0.4 is 0 Å². The van der Waals surface area contributed by atoms with Crippen LogP contribution >= 0.6 is 0 Å². The first kappa shape index (κ1) is 16.2. The zero-order valence-corrected chi connectivity index (χ0v) is 8.84. The number of hydrogen-bond acceptors (Lipinski definition) is 4. The van der Waals surface area contributed by atoms with Crippen molar-refractivity contribution in [2.75, 3.05) is 0 Å². The van der Waals surface area contributed by atoms with Gasteiger partial charge in [-0.15, -0.1) is 0 Å². The van der Waals surface area contributed by atoms with Gasteiger partial charge in [-0.25, -0.2) is 9.59 Å². The third-order valence-corrected chi connectivity index (χ3v) is 0.921. The minimum Gasteiger partial charge on any atom is -0.478 e. The van der Waals surface area contributed by atoms with Crippen LogP contribution in [0.15, 0.2) is 24.3 Å². The molecule has 0 saturated carbocycles. The van der Waals surface area contributed by atoms with Crippen LogP contribution in [0.25, 0.3) is 0 Å². The lowest BCUT2D eigenvalue weighted by atomic mass is 10.4. The van der Waals surface area contributed by atoms with E-state index in [0.29, 0.717) is 0 Å². The van der Waals surface area contributed by atoms with Gasteiger partial charge in [0.05, 0.1) is 0 Å². The van der Waals surface area contributed by atoms with Crippen molar-refractivity contribution in [3.63, 3.8) is 0 Å². The van der Waals surface area contributed by atoms with Crippen LogP contribution in [0.4, 0.5) is 0 Å². The second-order valence-corrected chi connectivity index (χ2v) is 2.56. The van der Waals surface area contributed by atoms with Gasteiger partial charge in [0.25, 0.3) is 0 Å². The van der Waals surface area contributed by atoms with Gasteiger partial charge >= 0.3 is 11.9 Å². The lowest BCUT2D eigenvalue weighted by molar-refractivity contribution is -0.132. The van der Waals surface area contributed by atoms with Gasteiger partial charge in [0.2, 0.25) is 0 Å². The number of allylic oxidation sites excluding steroid dienone is 2. The van der Waals surface area contributed by atoms with Crippen LogP contribution in [0.2, 0.25) is 0 Å². The maximum Gasteiger partial charge on any atom is 0.328 e. The fourth-order valence-electron chi connectivity index (χ4n) is 0.377. The summed E-state index contributed by atoms with van der Waals surface area (Å²) in [5.41, 5.74) is 0. The van der Waals surface area contributed by atoms with Crippen molar-refractivity contribution in [1.82, 2.24) is 0 Å². The molecule has 2 N–H and O–H groups in total. The molecule has 88 valence electrons. The van der Waals surface area contributed by atoms with Crippen molar-refractivity contribution < 1.29 is 29.4 Å². The molecular weight excluding hydrogens is 216 g/mol. The van der Waals surface area contributed by atoms with Crippen molar-refractivity contribution in [3.8, 4) is 0 Å². The molecule has 0 radical (unpaired) electrons. The Morgan fingerprint density at radius 3 is 1.00 bits per heavy atom. The molecule has 0 atom stereocenters. The third-order valence-electron chi connectivity index (χ3n) is 0.921. The third kappa shape index (κ3) is 22.6. The molecule has 0 unspecified atom stereocenters. The highest BCUT2D eigenvalue weighted by Crippen LogP contribution is 1.73. The monoisotopic (exact) mass is 228 g/mol. The van der Waals surface area contributed by atoms with Crippen LogP contribution in [-0.4, -0.2) is 33.7 Å². The van der Waals surface area contributed by atoms with Crippen LogP contribution in [0.3, 0.4) is 0 Å². The average molecular weight is 228 g/mol. The van der Waals surface area contributed by atoms with Gasteiger partial charge in [-0.05, 0) is 26.0 Å². The zero-order valence-electron chi connectivity index (χ0n) is 8.84. The van der Waals surface area contributed by atoms with E-state index in [0.717, 1.165) is 24.3 Å². The molecule has 0 heterocycles. The molecule has 6 nitrogen and oxygen atoms in total. The molecule has 0 aromatic carbocycles. The van der Waals surface area contributed by atoms with Crippen molar-refractivity contribution >= 4 is 23.5 Å². The normalized spacial score (nSPS) is 9.62. The Labute approximate surface area is 91.9 Å². The molecular formula is C10H12O6. The summed E-state index contributed by atoms with van der Waals surface area (Å²) < 4.78 is 0. The predicted molar refractivity (Wildman–Crippen MR) is 54.9 cm³/mol. The van der Waals surface area contributed by atoms with Crippen molar-refractivity contribution in [3.05, 3.63) is 24.3 Å². The molecule has 0 spiro atoms. The SMILES string of the molecule is CC(=O)/C=C/C(=O)O.CC(=O)/C=C\C(=O)O. The first-order valence-electron chi connectivity index (χ1n) is 4.09. The second-order valence-electron chi connectivity index (χ2n) is 2.56. The summed E-state index contributed by atoms with van der Waals surface area (Å²) in [4.78, 5) is 39.3. The fourth-order valence-corrected chi connectivity index (χ4v) is 0.377. The van der Waals surface area contributed by atoms with E-state index in [4.69, 9.17) is 10.2 Å². The Morgan fingerprint density at radius 1 is 0.688 bits per heavy atom. The molecule has 0 aliphatic heterocycles. The second kappa shape index (κ2) is 9.32. The number of carboxylic acids is 2. The molecule has 0 aliphatic rings. The number of carboxylic acid groups (broad SMARTS) is 2. The number of rotatable bonds is 4.